The van der Waals surface area contributed by atoms with Crippen molar-refractivity contribution >= 4 is 0 Å². The summed E-state index contributed by atoms with van der Waals surface area (Å²) in [5, 5.41) is 9.78. The van der Waals surface area contributed by atoms with Crippen LogP contribution in [-0.2, 0) is 0 Å². The van der Waals surface area contributed by atoms with Crippen molar-refractivity contribution in [1.82, 2.24) is 0 Å². The number of para-hydroxylation sites is 1. The number of phenolic OH excluding ortho intramolecular Hbond substituents is 1. The van der Waals surface area contributed by atoms with Crippen molar-refractivity contribution < 1.29 is 14.2 Å². The van der Waals surface area contributed by atoms with E-state index in [0.717, 1.165) is 5.56 Å². The van der Waals surface area contributed by atoms with Gasteiger partial charge in [0.2, 0.25) is 0 Å². The molecule has 0 aliphatic heterocycles. The molecule has 0 amide bonds. The van der Waals surface area contributed by atoms with E-state index in [1.165, 1.54) is 12.1 Å². The molecule has 0 aliphatic carbocycles. The minimum atomic E-state index is -0.302. The predicted molar refractivity (Wildman–Crippen MR) is 71.8 cm³/mol. The van der Waals surface area contributed by atoms with Crippen LogP contribution in [0.1, 0.15) is 11.5 Å². The van der Waals surface area contributed by atoms with Crippen molar-refractivity contribution in [3.05, 3.63) is 59.9 Å². The number of aromatic hydroxyl groups is 1. The van der Waals surface area contributed by atoms with E-state index in [-0.39, 0.29) is 17.5 Å². The first-order chi connectivity index (χ1) is 9.20. The van der Waals surface area contributed by atoms with Crippen molar-refractivity contribution in [3.8, 4) is 11.5 Å². The number of nitrogens with two attached hydrogens (primary N) is 1. The number of ether oxygens (including phenoxy) is 1. The zero-order valence-corrected chi connectivity index (χ0v) is 10.4. The van der Waals surface area contributed by atoms with Crippen molar-refractivity contribution in [1.29, 1.82) is 0 Å². The lowest BCUT2D eigenvalue weighted by Crippen LogP contribution is -2.19. The SMILES string of the molecule is NCC(COc1ccc(F)cc1)c1ccccc1O. The third-order valence-corrected chi connectivity index (χ3v) is 2.93. The number of benzene rings is 2. The first-order valence-corrected chi connectivity index (χ1v) is 6.07. The molecule has 1 unspecified atom stereocenters. The Balaban J connectivity index is 2.04. The van der Waals surface area contributed by atoms with E-state index < -0.39 is 0 Å². The van der Waals surface area contributed by atoms with Crippen molar-refractivity contribution in [3.63, 3.8) is 0 Å². The van der Waals surface area contributed by atoms with E-state index in [0.29, 0.717) is 18.9 Å². The highest BCUT2D eigenvalue weighted by molar-refractivity contribution is 5.35. The van der Waals surface area contributed by atoms with Gasteiger partial charge in [0.05, 0.1) is 6.61 Å². The van der Waals surface area contributed by atoms with Gasteiger partial charge < -0.3 is 15.6 Å². The third kappa shape index (κ3) is 3.45. The van der Waals surface area contributed by atoms with Crippen LogP contribution in [-0.4, -0.2) is 18.3 Å². The molecule has 1 atom stereocenters. The lowest BCUT2D eigenvalue weighted by Gasteiger charge is -2.17. The van der Waals surface area contributed by atoms with Gasteiger partial charge in [-0.1, -0.05) is 18.2 Å². The fourth-order valence-electron chi connectivity index (χ4n) is 1.85. The highest BCUT2D eigenvalue weighted by Crippen LogP contribution is 2.25. The zero-order valence-electron chi connectivity index (χ0n) is 10.4. The summed E-state index contributed by atoms with van der Waals surface area (Å²) in [6.07, 6.45) is 0. The number of phenols is 1. The lowest BCUT2D eigenvalue weighted by atomic mass is 9.99. The Kier molecular flexibility index (Phi) is 4.36. The molecule has 0 radical (unpaired) electrons. The quantitative estimate of drug-likeness (QED) is 0.870. The average Bonchev–Trinajstić information content (AvgIpc) is 2.43. The second-order valence-corrected chi connectivity index (χ2v) is 4.26. The standard InChI is InChI=1S/C15H16FNO2/c16-12-5-7-13(8-6-12)19-10-11(9-17)14-3-1-2-4-15(14)18/h1-8,11,18H,9-10,17H2. The van der Waals surface area contributed by atoms with Crippen molar-refractivity contribution in [2.24, 2.45) is 5.73 Å². The third-order valence-electron chi connectivity index (χ3n) is 2.93. The maximum absolute atomic E-state index is 12.8. The summed E-state index contributed by atoms with van der Waals surface area (Å²) in [5.74, 6) is 0.380. The molecule has 0 bridgehead atoms. The molecule has 3 nitrogen and oxygen atoms in total. The maximum Gasteiger partial charge on any atom is 0.123 e. The molecule has 0 fully saturated rings. The summed E-state index contributed by atoms with van der Waals surface area (Å²) < 4.78 is 18.3. The summed E-state index contributed by atoms with van der Waals surface area (Å²) in [5.41, 5.74) is 6.47. The van der Waals surface area contributed by atoms with E-state index >= 15 is 0 Å². The molecular formula is C15H16FNO2. The smallest absolute Gasteiger partial charge is 0.123 e. The second-order valence-electron chi connectivity index (χ2n) is 4.26. The molecule has 2 aromatic rings. The molecule has 2 rings (SSSR count). The Morgan fingerprint density at radius 1 is 1.11 bits per heavy atom. The minimum Gasteiger partial charge on any atom is -0.508 e. The zero-order chi connectivity index (χ0) is 13.7. The normalized spacial score (nSPS) is 12.1. The van der Waals surface area contributed by atoms with Crippen LogP contribution in [0.25, 0.3) is 0 Å². The molecule has 0 saturated heterocycles. The van der Waals surface area contributed by atoms with Gasteiger partial charge in [0.1, 0.15) is 17.3 Å². The minimum absolute atomic E-state index is 0.105. The van der Waals surface area contributed by atoms with Gasteiger partial charge in [-0.3, -0.25) is 0 Å². The van der Waals surface area contributed by atoms with E-state index in [1.807, 2.05) is 12.1 Å². The Labute approximate surface area is 111 Å². The lowest BCUT2D eigenvalue weighted by molar-refractivity contribution is 0.287. The van der Waals surface area contributed by atoms with Crippen LogP contribution in [0.15, 0.2) is 48.5 Å². The first-order valence-electron chi connectivity index (χ1n) is 6.07. The summed E-state index contributed by atoms with van der Waals surface area (Å²) in [6, 6.07) is 12.8. The Hall–Kier alpha value is -2.07. The van der Waals surface area contributed by atoms with Crippen LogP contribution < -0.4 is 10.5 Å². The molecule has 4 heteroatoms. The number of rotatable bonds is 5. The van der Waals surface area contributed by atoms with E-state index in [1.54, 1.807) is 24.3 Å². The van der Waals surface area contributed by atoms with Crippen LogP contribution in [0.4, 0.5) is 4.39 Å². The Bertz CT molecular complexity index is 528. The van der Waals surface area contributed by atoms with Gasteiger partial charge in [0.15, 0.2) is 0 Å². The van der Waals surface area contributed by atoms with Crippen LogP contribution in [0, 0.1) is 5.82 Å². The van der Waals surface area contributed by atoms with E-state index in [4.69, 9.17) is 10.5 Å². The average molecular weight is 261 g/mol. The summed E-state index contributed by atoms with van der Waals surface area (Å²) in [7, 11) is 0. The fourth-order valence-corrected chi connectivity index (χ4v) is 1.85. The van der Waals surface area contributed by atoms with Gasteiger partial charge >= 0.3 is 0 Å². The van der Waals surface area contributed by atoms with Crippen LogP contribution >= 0.6 is 0 Å². The van der Waals surface area contributed by atoms with Gasteiger partial charge in [-0.2, -0.15) is 0 Å². The van der Waals surface area contributed by atoms with E-state index in [9.17, 15) is 9.50 Å². The summed E-state index contributed by atoms with van der Waals surface area (Å²) in [6.45, 7) is 0.693. The fraction of sp³-hybridized carbons (Fsp3) is 0.200. The van der Waals surface area contributed by atoms with Crippen LogP contribution in [0.5, 0.6) is 11.5 Å². The summed E-state index contributed by atoms with van der Waals surface area (Å²) in [4.78, 5) is 0. The second kappa shape index (κ2) is 6.20. The van der Waals surface area contributed by atoms with Crippen LogP contribution in [0.3, 0.4) is 0 Å². The summed E-state index contributed by atoms with van der Waals surface area (Å²) >= 11 is 0. The van der Waals surface area contributed by atoms with Gasteiger partial charge in [0, 0.05) is 18.0 Å². The van der Waals surface area contributed by atoms with Crippen LogP contribution in [0.2, 0.25) is 0 Å². The monoisotopic (exact) mass is 261 g/mol. The molecule has 3 N–H and O–H groups in total. The number of halogens is 1. The van der Waals surface area contributed by atoms with Crippen molar-refractivity contribution in [2.75, 3.05) is 13.2 Å². The molecule has 0 heterocycles. The first kappa shape index (κ1) is 13.4. The molecule has 0 saturated carbocycles. The highest BCUT2D eigenvalue weighted by atomic mass is 19.1. The topological polar surface area (TPSA) is 55.5 Å². The number of hydrogen-bond acceptors (Lipinski definition) is 3. The molecule has 0 aliphatic rings. The molecule has 100 valence electrons. The highest BCUT2D eigenvalue weighted by Gasteiger charge is 2.14. The largest absolute Gasteiger partial charge is 0.508 e. The predicted octanol–water partition coefficient (Wildman–Crippen LogP) is 2.65. The van der Waals surface area contributed by atoms with Gasteiger partial charge in [-0.25, -0.2) is 4.39 Å². The van der Waals surface area contributed by atoms with Gasteiger partial charge in [-0.05, 0) is 30.3 Å². The van der Waals surface area contributed by atoms with E-state index in [2.05, 4.69) is 0 Å². The van der Waals surface area contributed by atoms with Gasteiger partial charge in [-0.15, -0.1) is 0 Å². The van der Waals surface area contributed by atoms with Gasteiger partial charge in [0.25, 0.3) is 0 Å². The maximum atomic E-state index is 12.8. The molecule has 2 aromatic carbocycles. The molecular weight excluding hydrogens is 245 g/mol. The number of hydrogen-bond donors (Lipinski definition) is 2. The molecule has 19 heavy (non-hydrogen) atoms. The van der Waals surface area contributed by atoms with Crippen molar-refractivity contribution in [2.45, 2.75) is 5.92 Å². The molecule has 0 aromatic heterocycles. The molecule has 0 spiro atoms. The Morgan fingerprint density at radius 3 is 2.42 bits per heavy atom. The Morgan fingerprint density at radius 2 is 1.79 bits per heavy atom.